The van der Waals surface area contributed by atoms with Gasteiger partial charge in [-0.25, -0.2) is 4.79 Å². The van der Waals surface area contributed by atoms with Crippen LogP contribution in [0.5, 0.6) is 0 Å². The third-order valence-electron chi connectivity index (χ3n) is 2.27. The predicted molar refractivity (Wildman–Crippen MR) is 72.2 cm³/mol. The Kier molecular flexibility index (Phi) is 9.00. The molecule has 97 valence electrons. The summed E-state index contributed by atoms with van der Waals surface area (Å²) in [6.07, 6.45) is 0. The molecule has 2 rings (SSSR count). The van der Waals surface area contributed by atoms with Crippen molar-refractivity contribution < 1.29 is 46.0 Å². The van der Waals surface area contributed by atoms with Crippen molar-refractivity contribution in [2.75, 3.05) is 6.61 Å². The Hall–Kier alpha value is -0.0266. The van der Waals surface area contributed by atoms with Crippen molar-refractivity contribution >= 4 is 33.2 Å². The molecule has 0 aliphatic rings. The van der Waals surface area contributed by atoms with Crippen LogP contribution in [0.25, 0.3) is 11.1 Å². The van der Waals surface area contributed by atoms with Crippen molar-refractivity contribution in [3.8, 4) is 11.1 Å². The molecular weight excluding hydrogens is 445 g/mol. The zero-order chi connectivity index (χ0) is 12.3. The number of esters is 1. The summed E-state index contributed by atoms with van der Waals surface area (Å²) in [6.45, 7) is 2.19. The molecule has 0 atom stereocenters. The summed E-state index contributed by atoms with van der Waals surface area (Å²) in [5.41, 5.74) is 2.72. The smallest absolute Gasteiger partial charge is 0.338 e. The Bertz CT molecular complexity index is 526. The van der Waals surface area contributed by atoms with E-state index in [4.69, 9.17) is 4.74 Å². The van der Waals surface area contributed by atoms with Crippen LogP contribution in [0.3, 0.4) is 0 Å². The van der Waals surface area contributed by atoms with Crippen LogP contribution in [0.15, 0.2) is 34.1 Å². The molecule has 0 N–H and O–H groups in total. The van der Waals surface area contributed by atoms with E-state index in [1.165, 1.54) is 11.3 Å². The number of rotatable bonds is 3. The standard InChI is InChI=1S/C13H10BrO2S.BrH.Zn/c1-2-16-13(15)10-5-3-9(4-6-10)11-7-8-17-12(11)14;;/h3-7H,2H2,1H3;1H;/p-1. The molecule has 0 fully saturated rings. The van der Waals surface area contributed by atoms with Crippen molar-refractivity contribution in [3.63, 3.8) is 0 Å². The maximum Gasteiger partial charge on any atom is 0.338 e. The normalized spacial score (nSPS) is 9.16. The minimum atomic E-state index is -0.282. The van der Waals surface area contributed by atoms with Crippen LogP contribution in [0.1, 0.15) is 17.3 Å². The van der Waals surface area contributed by atoms with Gasteiger partial charge in [-0.2, -0.15) is 0 Å². The van der Waals surface area contributed by atoms with Crippen molar-refractivity contribution in [2.45, 2.75) is 6.92 Å². The van der Waals surface area contributed by atoms with E-state index in [-0.39, 0.29) is 42.4 Å². The molecule has 1 aromatic carbocycles. The van der Waals surface area contributed by atoms with E-state index in [9.17, 15) is 4.79 Å². The molecule has 1 aromatic heterocycles. The van der Waals surface area contributed by atoms with Crippen molar-refractivity contribution in [3.05, 3.63) is 45.1 Å². The summed E-state index contributed by atoms with van der Waals surface area (Å²) < 4.78 is 5.97. The van der Waals surface area contributed by atoms with Crippen LogP contribution >= 0.6 is 27.3 Å². The van der Waals surface area contributed by atoms with E-state index >= 15 is 0 Å². The summed E-state index contributed by atoms with van der Waals surface area (Å²) in [4.78, 5) is 11.5. The third-order valence-corrected chi connectivity index (χ3v) is 3.82. The molecule has 0 aliphatic heterocycles. The Labute approximate surface area is 148 Å². The maximum atomic E-state index is 11.5. The summed E-state index contributed by atoms with van der Waals surface area (Å²) in [6, 6.07) is 9.29. The van der Waals surface area contributed by atoms with Gasteiger partial charge in [0.15, 0.2) is 0 Å². The van der Waals surface area contributed by atoms with E-state index in [2.05, 4.69) is 21.3 Å². The molecule has 1 radical (unpaired) electrons. The fourth-order valence-corrected chi connectivity index (χ4v) is 2.64. The largest absolute Gasteiger partial charge is 1.00 e. The average molecular weight is 455 g/mol. The summed E-state index contributed by atoms with van der Waals surface area (Å²) in [5, 5.41) is 3.06. The number of benzene rings is 1. The Morgan fingerprint density at radius 1 is 1.37 bits per heavy atom. The number of thiophene rings is 1. The average Bonchev–Trinajstić information content (AvgIpc) is 2.76. The molecule has 2 nitrogen and oxygen atoms in total. The first kappa shape index (κ1) is 19.0. The number of carbonyl (C=O) groups excluding carboxylic acids is 1. The van der Waals surface area contributed by atoms with Gasteiger partial charge in [-0.05, 0) is 46.6 Å². The molecule has 6 heteroatoms. The van der Waals surface area contributed by atoms with E-state index in [0.29, 0.717) is 12.2 Å². The van der Waals surface area contributed by atoms with E-state index < -0.39 is 0 Å². The van der Waals surface area contributed by atoms with Gasteiger partial charge in [0, 0.05) is 30.4 Å². The van der Waals surface area contributed by atoms with E-state index in [0.717, 1.165) is 14.9 Å². The molecule has 0 spiro atoms. The molecule has 0 saturated heterocycles. The van der Waals surface area contributed by atoms with Gasteiger partial charge in [-0.15, -0.1) is 11.3 Å². The number of hydrogen-bond acceptors (Lipinski definition) is 3. The third kappa shape index (κ3) is 4.78. The Balaban J connectivity index is 0.00000162. The molecule has 1 heterocycles. The van der Waals surface area contributed by atoms with Crippen molar-refractivity contribution in [1.29, 1.82) is 0 Å². The van der Waals surface area contributed by atoms with Crippen LogP contribution in [-0.2, 0) is 24.2 Å². The second-order valence-corrected chi connectivity index (χ2v) is 5.52. The number of ether oxygens (including phenoxy) is 1. The topological polar surface area (TPSA) is 26.3 Å². The fraction of sp³-hybridized carbons (Fsp3) is 0.154. The van der Waals surface area contributed by atoms with Gasteiger partial charge in [0.25, 0.3) is 0 Å². The van der Waals surface area contributed by atoms with Crippen LogP contribution in [0.2, 0.25) is 0 Å². The van der Waals surface area contributed by atoms with Crippen LogP contribution in [0, 0.1) is 5.38 Å². The van der Waals surface area contributed by atoms with Crippen LogP contribution < -0.4 is 17.0 Å². The first-order valence-electron chi connectivity index (χ1n) is 5.15. The Morgan fingerprint density at radius 3 is 2.47 bits per heavy atom. The number of hydrogen-bond donors (Lipinski definition) is 0. The second-order valence-electron chi connectivity index (χ2n) is 3.35. The SMILES string of the molecule is CCOC(=O)c1ccc(-c2c[c]sc2Br)cc1.[Br-].[Zn]. The zero-order valence-electron chi connectivity index (χ0n) is 10.3. The number of halogens is 2. The molecule has 0 saturated carbocycles. The van der Waals surface area contributed by atoms with Crippen LogP contribution in [-0.4, -0.2) is 12.6 Å². The van der Waals surface area contributed by atoms with Gasteiger partial charge in [0.2, 0.25) is 0 Å². The van der Waals surface area contributed by atoms with Gasteiger partial charge in [0.05, 0.1) is 16.0 Å². The molecular formula is C13H10Br2O2SZn-. The quantitative estimate of drug-likeness (QED) is 0.513. The van der Waals surface area contributed by atoms with Gasteiger partial charge < -0.3 is 21.7 Å². The molecule has 19 heavy (non-hydrogen) atoms. The second kappa shape index (κ2) is 9.01. The summed E-state index contributed by atoms with van der Waals surface area (Å²) in [5.74, 6) is -0.282. The van der Waals surface area contributed by atoms with E-state index in [1.54, 1.807) is 19.1 Å². The molecule has 0 aliphatic carbocycles. The minimum Gasteiger partial charge on any atom is -1.00 e. The zero-order valence-corrected chi connectivity index (χ0v) is 17.2. The summed E-state index contributed by atoms with van der Waals surface area (Å²) >= 11 is 4.99. The van der Waals surface area contributed by atoms with Gasteiger partial charge in [0.1, 0.15) is 0 Å². The molecule has 0 bridgehead atoms. The number of carbonyl (C=O) groups is 1. The monoisotopic (exact) mass is 452 g/mol. The molecule has 0 amide bonds. The van der Waals surface area contributed by atoms with Gasteiger partial charge in [-0.1, -0.05) is 12.1 Å². The van der Waals surface area contributed by atoms with Crippen LogP contribution in [0.4, 0.5) is 0 Å². The molecule has 0 unspecified atom stereocenters. The summed E-state index contributed by atoms with van der Waals surface area (Å²) in [7, 11) is 0. The maximum absolute atomic E-state index is 11.5. The fourth-order valence-electron chi connectivity index (χ4n) is 1.45. The first-order valence-corrected chi connectivity index (χ1v) is 6.76. The first-order chi connectivity index (χ1) is 8.22. The van der Waals surface area contributed by atoms with E-state index in [1.807, 2.05) is 18.2 Å². The predicted octanol–water partition coefficient (Wildman–Crippen LogP) is 1.16. The molecule has 2 aromatic rings. The van der Waals surface area contributed by atoms with Crippen molar-refractivity contribution in [1.82, 2.24) is 0 Å². The van der Waals surface area contributed by atoms with Crippen molar-refractivity contribution in [2.24, 2.45) is 0 Å². The van der Waals surface area contributed by atoms with Gasteiger partial charge in [-0.3, -0.25) is 0 Å². The minimum absolute atomic E-state index is 0. The Morgan fingerprint density at radius 2 is 2.00 bits per heavy atom. The van der Waals surface area contributed by atoms with Gasteiger partial charge >= 0.3 is 5.97 Å².